The fourth-order valence-electron chi connectivity index (χ4n) is 4.18. The second-order valence-electron chi connectivity index (χ2n) is 10.7. The number of amides is 2. The average molecular weight is 537 g/mol. The van der Waals surface area contributed by atoms with Gasteiger partial charge in [0.05, 0.1) is 18.5 Å². The number of ether oxygens (including phenoxy) is 2. The van der Waals surface area contributed by atoms with E-state index in [1.165, 1.54) is 7.11 Å². The lowest BCUT2D eigenvalue weighted by atomic mass is 10.1. The molecule has 0 saturated carbocycles. The number of carbonyl (C=O) groups is 3. The molecule has 0 bridgehead atoms. The quantitative estimate of drug-likeness (QED) is 0.274. The molecule has 1 aliphatic rings. The van der Waals surface area contributed by atoms with Gasteiger partial charge in [0.15, 0.2) is 0 Å². The van der Waals surface area contributed by atoms with Gasteiger partial charge in [-0.05, 0) is 81.8 Å². The lowest BCUT2D eigenvalue weighted by molar-refractivity contribution is -0.140. The predicted octanol–water partition coefficient (Wildman–Crippen LogP) is 6.00. The van der Waals surface area contributed by atoms with Crippen molar-refractivity contribution in [3.05, 3.63) is 59.7 Å². The molecule has 0 aromatic heterocycles. The first-order valence-corrected chi connectivity index (χ1v) is 13.5. The average Bonchev–Trinajstić information content (AvgIpc) is 2.92. The number of azo groups is 1. The highest BCUT2D eigenvalue weighted by Crippen LogP contribution is 2.21. The second kappa shape index (κ2) is 14.4. The molecular formula is C30H40N4O5. The van der Waals surface area contributed by atoms with E-state index in [-0.39, 0.29) is 18.0 Å². The third-order valence-electron chi connectivity index (χ3n) is 6.37. The van der Waals surface area contributed by atoms with Gasteiger partial charge < -0.3 is 19.3 Å². The molecule has 39 heavy (non-hydrogen) atoms. The first kappa shape index (κ1) is 29.8. The predicted molar refractivity (Wildman–Crippen MR) is 149 cm³/mol. The fraction of sp³-hybridized carbons (Fsp3) is 0.500. The molecule has 3 rings (SSSR count). The summed E-state index contributed by atoms with van der Waals surface area (Å²) in [6, 6.07) is 15.7. The Morgan fingerprint density at radius 3 is 1.67 bits per heavy atom. The Balaban J connectivity index is 1.36. The van der Waals surface area contributed by atoms with E-state index in [1.54, 1.807) is 4.90 Å². The monoisotopic (exact) mass is 536 g/mol. The zero-order chi connectivity index (χ0) is 28.3. The molecular weight excluding hydrogens is 496 g/mol. The Morgan fingerprint density at radius 2 is 1.21 bits per heavy atom. The molecule has 0 N–H and O–H groups in total. The molecule has 1 aliphatic heterocycles. The standard InChI is InChI=1S/C30H40N4O5/c1-30(2,3)39-29(37)34-21-19-33(20-22-34)27(35)9-5-7-23-11-15-25(16-12-23)31-32-26-17-13-24(14-18-26)8-6-10-28(36)38-4/h11-18H,5-10,19-22H2,1-4H3. The fourth-order valence-corrected chi connectivity index (χ4v) is 4.18. The normalized spacial score (nSPS) is 13.9. The summed E-state index contributed by atoms with van der Waals surface area (Å²) in [5.74, 6) is -0.0642. The van der Waals surface area contributed by atoms with E-state index in [0.29, 0.717) is 39.0 Å². The van der Waals surface area contributed by atoms with Crippen molar-refractivity contribution in [3.8, 4) is 0 Å². The van der Waals surface area contributed by atoms with E-state index in [4.69, 9.17) is 4.74 Å². The van der Waals surface area contributed by atoms with E-state index in [1.807, 2.05) is 74.2 Å². The SMILES string of the molecule is COC(=O)CCCc1ccc(N=Nc2ccc(CCCC(=O)N3CCN(C(=O)OC(C)(C)C)CC3)cc2)cc1. The Morgan fingerprint density at radius 1 is 0.744 bits per heavy atom. The molecule has 210 valence electrons. The van der Waals surface area contributed by atoms with Crippen molar-refractivity contribution in [1.29, 1.82) is 0 Å². The molecule has 0 atom stereocenters. The largest absolute Gasteiger partial charge is 0.469 e. The molecule has 2 aromatic rings. The molecule has 0 unspecified atom stereocenters. The Kier molecular flexibility index (Phi) is 11.0. The zero-order valence-corrected chi connectivity index (χ0v) is 23.5. The molecule has 0 spiro atoms. The lowest BCUT2D eigenvalue weighted by Gasteiger charge is -2.35. The van der Waals surface area contributed by atoms with Gasteiger partial charge in [-0.15, -0.1) is 0 Å². The molecule has 0 radical (unpaired) electrons. The molecule has 1 fully saturated rings. The smallest absolute Gasteiger partial charge is 0.410 e. The Bertz CT molecular complexity index is 1120. The summed E-state index contributed by atoms with van der Waals surface area (Å²) in [7, 11) is 1.40. The van der Waals surface area contributed by atoms with Crippen molar-refractivity contribution in [2.75, 3.05) is 33.3 Å². The summed E-state index contributed by atoms with van der Waals surface area (Å²) in [5, 5.41) is 8.63. The maximum absolute atomic E-state index is 12.6. The number of aryl methyl sites for hydroxylation is 2. The van der Waals surface area contributed by atoms with Gasteiger partial charge in [0.1, 0.15) is 5.60 Å². The van der Waals surface area contributed by atoms with Crippen LogP contribution >= 0.6 is 0 Å². The van der Waals surface area contributed by atoms with Crippen LogP contribution in [0.5, 0.6) is 0 Å². The van der Waals surface area contributed by atoms with Crippen molar-refractivity contribution in [2.45, 2.75) is 64.9 Å². The number of methoxy groups -OCH3 is 1. The number of hydrogen-bond donors (Lipinski definition) is 0. The van der Waals surface area contributed by atoms with Crippen LogP contribution in [0.2, 0.25) is 0 Å². The molecule has 0 aliphatic carbocycles. The Labute approximate surface area is 231 Å². The summed E-state index contributed by atoms with van der Waals surface area (Å²) in [6.45, 7) is 7.62. The van der Waals surface area contributed by atoms with E-state index in [0.717, 1.165) is 48.2 Å². The van der Waals surface area contributed by atoms with Crippen LogP contribution in [0.15, 0.2) is 58.8 Å². The lowest BCUT2D eigenvalue weighted by Crippen LogP contribution is -2.51. The Hall–Kier alpha value is -3.75. The van der Waals surface area contributed by atoms with Crippen molar-refractivity contribution >= 4 is 29.3 Å². The molecule has 1 heterocycles. The molecule has 9 heteroatoms. The van der Waals surface area contributed by atoms with Crippen LogP contribution < -0.4 is 0 Å². The van der Waals surface area contributed by atoms with Crippen molar-refractivity contribution in [3.63, 3.8) is 0 Å². The van der Waals surface area contributed by atoms with Gasteiger partial charge >= 0.3 is 12.1 Å². The van der Waals surface area contributed by atoms with Gasteiger partial charge in [-0.3, -0.25) is 9.59 Å². The van der Waals surface area contributed by atoms with Gasteiger partial charge in [0.2, 0.25) is 5.91 Å². The van der Waals surface area contributed by atoms with Crippen LogP contribution in [-0.2, 0) is 31.9 Å². The maximum atomic E-state index is 12.6. The third kappa shape index (κ3) is 10.5. The van der Waals surface area contributed by atoms with Crippen molar-refractivity contribution in [1.82, 2.24) is 9.80 Å². The van der Waals surface area contributed by atoms with Gasteiger partial charge in [-0.2, -0.15) is 10.2 Å². The minimum atomic E-state index is -0.521. The highest BCUT2D eigenvalue weighted by atomic mass is 16.6. The zero-order valence-electron chi connectivity index (χ0n) is 23.5. The first-order chi connectivity index (χ1) is 18.6. The summed E-state index contributed by atoms with van der Waals surface area (Å²) >= 11 is 0. The number of carbonyl (C=O) groups excluding carboxylic acids is 3. The third-order valence-corrected chi connectivity index (χ3v) is 6.37. The topological polar surface area (TPSA) is 101 Å². The van der Waals surface area contributed by atoms with Crippen LogP contribution in [0.3, 0.4) is 0 Å². The highest BCUT2D eigenvalue weighted by molar-refractivity contribution is 5.76. The number of hydrogen-bond acceptors (Lipinski definition) is 7. The number of esters is 1. The van der Waals surface area contributed by atoms with E-state index in [2.05, 4.69) is 15.0 Å². The van der Waals surface area contributed by atoms with Gasteiger partial charge in [0, 0.05) is 39.0 Å². The van der Waals surface area contributed by atoms with Gasteiger partial charge in [-0.1, -0.05) is 24.3 Å². The minimum absolute atomic E-state index is 0.124. The number of piperazine rings is 1. The minimum Gasteiger partial charge on any atom is -0.469 e. The molecule has 1 saturated heterocycles. The molecule has 2 amide bonds. The van der Waals surface area contributed by atoms with Crippen LogP contribution in [0.4, 0.5) is 16.2 Å². The highest BCUT2D eigenvalue weighted by Gasteiger charge is 2.27. The maximum Gasteiger partial charge on any atom is 0.410 e. The van der Waals surface area contributed by atoms with E-state index < -0.39 is 5.60 Å². The van der Waals surface area contributed by atoms with Crippen LogP contribution in [0.1, 0.15) is 57.6 Å². The van der Waals surface area contributed by atoms with Crippen molar-refractivity contribution in [2.24, 2.45) is 10.2 Å². The van der Waals surface area contributed by atoms with Crippen LogP contribution in [-0.4, -0.2) is 66.7 Å². The van der Waals surface area contributed by atoms with Gasteiger partial charge in [0.25, 0.3) is 0 Å². The van der Waals surface area contributed by atoms with Crippen LogP contribution in [0.25, 0.3) is 0 Å². The molecule has 9 nitrogen and oxygen atoms in total. The number of nitrogens with zero attached hydrogens (tertiary/aromatic N) is 4. The molecule has 2 aromatic carbocycles. The van der Waals surface area contributed by atoms with Crippen LogP contribution in [0, 0.1) is 0 Å². The summed E-state index contributed by atoms with van der Waals surface area (Å²) in [6.07, 6.45) is 3.70. The van der Waals surface area contributed by atoms with E-state index in [9.17, 15) is 14.4 Å². The van der Waals surface area contributed by atoms with Crippen molar-refractivity contribution < 1.29 is 23.9 Å². The van der Waals surface area contributed by atoms with Gasteiger partial charge in [-0.25, -0.2) is 4.79 Å². The number of benzene rings is 2. The summed E-state index contributed by atoms with van der Waals surface area (Å²) < 4.78 is 10.1. The first-order valence-electron chi connectivity index (χ1n) is 13.5. The van der Waals surface area contributed by atoms with E-state index >= 15 is 0 Å². The number of rotatable bonds is 10. The summed E-state index contributed by atoms with van der Waals surface area (Å²) in [5.41, 5.74) is 3.30. The second-order valence-corrected chi connectivity index (χ2v) is 10.7. The summed E-state index contributed by atoms with van der Waals surface area (Å²) in [4.78, 5) is 39.5.